The van der Waals surface area contributed by atoms with Gasteiger partial charge in [0.15, 0.2) is 0 Å². The zero-order valence-electron chi connectivity index (χ0n) is 15.3. The van der Waals surface area contributed by atoms with Crippen LogP contribution in [0.1, 0.15) is 90.9 Å². The van der Waals surface area contributed by atoms with Gasteiger partial charge in [0, 0.05) is 0 Å². The summed E-state index contributed by atoms with van der Waals surface area (Å²) in [5, 5.41) is 13.2. The standard InChI is InChI=1S/C19H42N2O/c1-18(2)12-9-7-5-3-4-6-8-10-13-19(22)14-17-21-16-11-15-20/h18-19,21-22H,3-17,20H2,1-2H3. The highest BCUT2D eigenvalue weighted by molar-refractivity contribution is 4.59. The molecule has 4 N–H and O–H groups in total. The first-order valence-corrected chi connectivity index (χ1v) is 9.75. The van der Waals surface area contributed by atoms with Gasteiger partial charge in [0.2, 0.25) is 0 Å². The molecule has 0 saturated carbocycles. The van der Waals surface area contributed by atoms with E-state index in [4.69, 9.17) is 5.73 Å². The molecule has 1 unspecified atom stereocenters. The van der Waals surface area contributed by atoms with Crippen LogP contribution in [0.2, 0.25) is 0 Å². The quantitative estimate of drug-likeness (QED) is 0.352. The topological polar surface area (TPSA) is 58.3 Å². The van der Waals surface area contributed by atoms with Crippen molar-refractivity contribution in [2.24, 2.45) is 11.7 Å². The maximum absolute atomic E-state index is 9.89. The molecule has 0 amide bonds. The Hall–Kier alpha value is -0.120. The van der Waals surface area contributed by atoms with Crippen LogP contribution in [0.5, 0.6) is 0 Å². The molecule has 0 radical (unpaired) electrons. The molecule has 0 aliphatic heterocycles. The third-order valence-electron chi connectivity index (χ3n) is 4.28. The van der Waals surface area contributed by atoms with Crippen LogP contribution in [-0.2, 0) is 0 Å². The van der Waals surface area contributed by atoms with Crippen LogP contribution >= 0.6 is 0 Å². The van der Waals surface area contributed by atoms with Gasteiger partial charge in [0.05, 0.1) is 6.10 Å². The molecule has 0 heterocycles. The number of hydrogen-bond donors (Lipinski definition) is 3. The SMILES string of the molecule is CC(C)CCCCCCCCCCC(O)CCNCCCN. The van der Waals surface area contributed by atoms with E-state index in [-0.39, 0.29) is 6.10 Å². The highest BCUT2D eigenvalue weighted by Crippen LogP contribution is 2.13. The molecule has 0 spiro atoms. The first kappa shape index (κ1) is 21.9. The maximum atomic E-state index is 9.89. The van der Waals surface area contributed by atoms with Gasteiger partial charge in [-0.3, -0.25) is 0 Å². The first-order valence-electron chi connectivity index (χ1n) is 9.75. The van der Waals surface area contributed by atoms with Gasteiger partial charge in [-0.2, -0.15) is 0 Å². The monoisotopic (exact) mass is 314 g/mol. The number of rotatable bonds is 17. The van der Waals surface area contributed by atoms with Gasteiger partial charge in [-0.1, -0.05) is 71.6 Å². The number of unbranched alkanes of at least 4 members (excludes halogenated alkanes) is 7. The van der Waals surface area contributed by atoms with Gasteiger partial charge >= 0.3 is 0 Å². The highest BCUT2D eigenvalue weighted by Gasteiger charge is 2.03. The third kappa shape index (κ3) is 17.9. The Morgan fingerprint density at radius 2 is 1.27 bits per heavy atom. The molecule has 0 aromatic carbocycles. The average Bonchev–Trinajstić information content (AvgIpc) is 2.48. The van der Waals surface area contributed by atoms with Gasteiger partial charge in [-0.15, -0.1) is 0 Å². The molecule has 134 valence electrons. The molecule has 1 atom stereocenters. The van der Waals surface area contributed by atoms with Gasteiger partial charge in [-0.05, 0) is 44.8 Å². The zero-order chi connectivity index (χ0) is 16.5. The van der Waals surface area contributed by atoms with Crippen molar-refractivity contribution >= 4 is 0 Å². The van der Waals surface area contributed by atoms with Crippen molar-refractivity contribution in [2.45, 2.75) is 97.0 Å². The Morgan fingerprint density at radius 3 is 1.82 bits per heavy atom. The second-order valence-electron chi connectivity index (χ2n) is 7.13. The summed E-state index contributed by atoms with van der Waals surface area (Å²) < 4.78 is 0. The summed E-state index contributed by atoms with van der Waals surface area (Å²) in [5.41, 5.74) is 5.43. The van der Waals surface area contributed by atoms with Crippen LogP contribution in [0.3, 0.4) is 0 Å². The fraction of sp³-hybridized carbons (Fsp3) is 1.00. The van der Waals surface area contributed by atoms with E-state index in [1.807, 2.05) is 0 Å². The second kappa shape index (κ2) is 17.2. The van der Waals surface area contributed by atoms with Gasteiger partial charge in [0.1, 0.15) is 0 Å². The summed E-state index contributed by atoms with van der Waals surface area (Å²) in [5.74, 6) is 0.863. The van der Waals surface area contributed by atoms with E-state index in [2.05, 4.69) is 19.2 Å². The summed E-state index contributed by atoms with van der Waals surface area (Å²) in [4.78, 5) is 0. The highest BCUT2D eigenvalue weighted by atomic mass is 16.3. The largest absolute Gasteiger partial charge is 0.393 e. The molecule has 0 aliphatic carbocycles. The number of aliphatic hydroxyl groups excluding tert-OH is 1. The van der Waals surface area contributed by atoms with Crippen molar-refractivity contribution in [3.63, 3.8) is 0 Å². The molecular weight excluding hydrogens is 272 g/mol. The van der Waals surface area contributed by atoms with E-state index in [9.17, 15) is 5.11 Å². The van der Waals surface area contributed by atoms with Gasteiger partial charge in [0.25, 0.3) is 0 Å². The molecule has 3 nitrogen and oxygen atoms in total. The van der Waals surface area contributed by atoms with Gasteiger partial charge in [-0.25, -0.2) is 0 Å². The number of nitrogens with one attached hydrogen (secondary N) is 1. The van der Waals surface area contributed by atoms with Crippen LogP contribution in [0.25, 0.3) is 0 Å². The van der Waals surface area contributed by atoms with Crippen molar-refractivity contribution in [1.29, 1.82) is 0 Å². The summed E-state index contributed by atoms with van der Waals surface area (Å²) >= 11 is 0. The molecule has 0 saturated heterocycles. The molecule has 0 aromatic rings. The van der Waals surface area contributed by atoms with E-state index in [1.165, 1.54) is 57.8 Å². The molecule has 0 bridgehead atoms. The Balaban J connectivity index is 3.12. The summed E-state index contributed by atoms with van der Waals surface area (Å²) in [7, 11) is 0. The predicted molar refractivity (Wildman–Crippen MR) is 98.2 cm³/mol. The molecule has 0 aromatic heterocycles. The number of aliphatic hydroxyl groups is 1. The second-order valence-corrected chi connectivity index (χ2v) is 7.13. The average molecular weight is 315 g/mol. The molecule has 22 heavy (non-hydrogen) atoms. The fourth-order valence-electron chi connectivity index (χ4n) is 2.76. The van der Waals surface area contributed by atoms with E-state index < -0.39 is 0 Å². The lowest BCUT2D eigenvalue weighted by Gasteiger charge is -2.11. The van der Waals surface area contributed by atoms with Crippen LogP contribution < -0.4 is 11.1 Å². The number of hydrogen-bond acceptors (Lipinski definition) is 3. The maximum Gasteiger partial charge on any atom is 0.0552 e. The minimum Gasteiger partial charge on any atom is -0.393 e. The molecular formula is C19H42N2O. The normalized spacial score (nSPS) is 13.0. The molecule has 0 fully saturated rings. The lowest BCUT2D eigenvalue weighted by molar-refractivity contribution is 0.150. The fourth-order valence-corrected chi connectivity index (χ4v) is 2.76. The minimum absolute atomic E-state index is 0.124. The molecule has 0 aliphatic rings. The van der Waals surface area contributed by atoms with E-state index in [1.54, 1.807) is 0 Å². The van der Waals surface area contributed by atoms with E-state index in [0.29, 0.717) is 0 Å². The predicted octanol–water partition coefficient (Wildman–Crippen LogP) is 4.23. The van der Waals surface area contributed by atoms with E-state index in [0.717, 1.165) is 44.8 Å². The molecule has 3 heteroatoms. The summed E-state index contributed by atoms with van der Waals surface area (Å²) in [6, 6.07) is 0. The lowest BCUT2D eigenvalue weighted by atomic mass is 10.0. The Kier molecular flexibility index (Phi) is 17.1. The molecule has 0 rings (SSSR count). The van der Waals surface area contributed by atoms with Crippen LogP contribution in [0, 0.1) is 5.92 Å². The van der Waals surface area contributed by atoms with Gasteiger partial charge < -0.3 is 16.2 Å². The first-order chi connectivity index (χ1) is 10.7. The smallest absolute Gasteiger partial charge is 0.0552 e. The van der Waals surface area contributed by atoms with E-state index >= 15 is 0 Å². The van der Waals surface area contributed by atoms with Crippen LogP contribution in [0.4, 0.5) is 0 Å². The van der Waals surface area contributed by atoms with Crippen molar-refractivity contribution in [1.82, 2.24) is 5.32 Å². The lowest BCUT2D eigenvalue weighted by Crippen LogP contribution is -2.23. The van der Waals surface area contributed by atoms with Crippen molar-refractivity contribution < 1.29 is 5.11 Å². The van der Waals surface area contributed by atoms with Crippen molar-refractivity contribution in [3.05, 3.63) is 0 Å². The minimum atomic E-state index is -0.124. The van der Waals surface area contributed by atoms with Crippen molar-refractivity contribution in [2.75, 3.05) is 19.6 Å². The summed E-state index contributed by atoms with van der Waals surface area (Å²) in [6.45, 7) is 7.25. The zero-order valence-corrected chi connectivity index (χ0v) is 15.3. The third-order valence-corrected chi connectivity index (χ3v) is 4.28. The van der Waals surface area contributed by atoms with Crippen LogP contribution in [0.15, 0.2) is 0 Å². The van der Waals surface area contributed by atoms with Crippen molar-refractivity contribution in [3.8, 4) is 0 Å². The summed E-state index contributed by atoms with van der Waals surface area (Å²) in [6.07, 6.45) is 14.9. The Bertz CT molecular complexity index is 210. The van der Waals surface area contributed by atoms with Crippen LogP contribution in [-0.4, -0.2) is 30.8 Å². The Labute approximate surface area is 139 Å². The number of nitrogens with two attached hydrogens (primary N) is 1. The Morgan fingerprint density at radius 1 is 0.727 bits per heavy atom.